The first-order chi connectivity index (χ1) is 9.60. The van der Waals surface area contributed by atoms with E-state index in [2.05, 4.69) is 0 Å². The van der Waals surface area contributed by atoms with E-state index in [0.717, 1.165) is 0 Å². The van der Waals surface area contributed by atoms with Gasteiger partial charge < -0.3 is 10.8 Å². The number of carbonyl (C=O) groups is 1. The SMILES string of the molecule is NCC(Cc1ccccc1F)(C(=O)O)c1ccccc1. The number of hydrogen-bond acceptors (Lipinski definition) is 2. The molecule has 0 saturated carbocycles. The lowest BCUT2D eigenvalue weighted by Crippen LogP contribution is -2.45. The lowest BCUT2D eigenvalue weighted by Gasteiger charge is -2.28. The van der Waals surface area contributed by atoms with Crippen LogP contribution in [0.4, 0.5) is 4.39 Å². The monoisotopic (exact) mass is 273 g/mol. The number of benzene rings is 2. The molecule has 0 radical (unpaired) electrons. The van der Waals surface area contributed by atoms with Crippen LogP contribution in [0.25, 0.3) is 0 Å². The van der Waals surface area contributed by atoms with E-state index >= 15 is 0 Å². The Morgan fingerprint density at radius 2 is 1.70 bits per heavy atom. The molecule has 0 aliphatic heterocycles. The third kappa shape index (κ3) is 2.56. The fourth-order valence-electron chi connectivity index (χ4n) is 2.30. The fourth-order valence-corrected chi connectivity index (χ4v) is 2.30. The fraction of sp³-hybridized carbons (Fsp3) is 0.188. The van der Waals surface area contributed by atoms with Crippen molar-refractivity contribution >= 4 is 5.97 Å². The highest BCUT2D eigenvalue weighted by atomic mass is 19.1. The molecule has 1 unspecified atom stereocenters. The molecule has 3 nitrogen and oxygen atoms in total. The predicted octanol–water partition coefficient (Wildman–Crippen LogP) is 2.35. The predicted molar refractivity (Wildman–Crippen MR) is 74.9 cm³/mol. The highest BCUT2D eigenvalue weighted by Gasteiger charge is 2.39. The number of rotatable bonds is 5. The van der Waals surface area contributed by atoms with Crippen molar-refractivity contribution in [2.45, 2.75) is 11.8 Å². The van der Waals surface area contributed by atoms with E-state index in [1.54, 1.807) is 48.5 Å². The van der Waals surface area contributed by atoms with Crippen LogP contribution in [-0.4, -0.2) is 17.6 Å². The van der Waals surface area contributed by atoms with Crippen molar-refractivity contribution in [3.8, 4) is 0 Å². The molecule has 0 fully saturated rings. The van der Waals surface area contributed by atoms with Gasteiger partial charge in [-0.2, -0.15) is 0 Å². The lowest BCUT2D eigenvalue weighted by atomic mass is 9.75. The summed E-state index contributed by atoms with van der Waals surface area (Å²) in [7, 11) is 0. The summed E-state index contributed by atoms with van der Waals surface area (Å²) in [6.07, 6.45) is 0.0233. The number of halogens is 1. The zero-order chi connectivity index (χ0) is 14.6. The van der Waals surface area contributed by atoms with Crippen LogP contribution in [0.2, 0.25) is 0 Å². The van der Waals surface area contributed by atoms with E-state index in [1.807, 2.05) is 0 Å². The Bertz CT molecular complexity index is 600. The Morgan fingerprint density at radius 3 is 2.25 bits per heavy atom. The average Bonchev–Trinajstić information content (AvgIpc) is 2.47. The van der Waals surface area contributed by atoms with E-state index < -0.39 is 17.2 Å². The minimum Gasteiger partial charge on any atom is -0.481 e. The van der Waals surface area contributed by atoms with Gasteiger partial charge in [-0.1, -0.05) is 48.5 Å². The van der Waals surface area contributed by atoms with E-state index in [0.29, 0.717) is 11.1 Å². The summed E-state index contributed by atoms with van der Waals surface area (Å²) in [6.45, 7) is -0.0965. The molecule has 4 heteroatoms. The summed E-state index contributed by atoms with van der Waals surface area (Å²) < 4.78 is 13.8. The molecule has 1 atom stereocenters. The Kier molecular flexibility index (Phi) is 4.15. The standard InChI is InChI=1S/C16H16FNO2/c17-14-9-5-4-6-12(14)10-16(11-18,15(19)20)13-7-2-1-3-8-13/h1-9H,10-11,18H2,(H,19,20). The first-order valence-electron chi connectivity index (χ1n) is 6.32. The smallest absolute Gasteiger partial charge is 0.315 e. The van der Waals surface area contributed by atoms with Crippen molar-refractivity contribution in [1.29, 1.82) is 0 Å². The lowest BCUT2D eigenvalue weighted by molar-refractivity contribution is -0.143. The molecular weight excluding hydrogens is 257 g/mol. The van der Waals surface area contributed by atoms with Crippen molar-refractivity contribution in [2.75, 3.05) is 6.54 Å². The Hall–Kier alpha value is -2.20. The van der Waals surface area contributed by atoms with Gasteiger partial charge in [-0.25, -0.2) is 4.39 Å². The molecule has 0 heterocycles. The minimum absolute atomic E-state index is 0.0233. The highest BCUT2D eigenvalue weighted by Crippen LogP contribution is 2.29. The molecule has 2 rings (SSSR count). The largest absolute Gasteiger partial charge is 0.481 e. The normalized spacial score (nSPS) is 13.7. The Morgan fingerprint density at radius 1 is 1.10 bits per heavy atom. The summed E-state index contributed by atoms with van der Waals surface area (Å²) in [4.78, 5) is 11.8. The van der Waals surface area contributed by atoms with E-state index in [-0.39, 0.29) is 13.0 Å². The zero-order valence-corrected chi connectivity index (χ0v) is 10.9. The molecule has 0 aliphatic carbocycles. The summed E-state index contributed by atoms with van der Waals surface area (Å²) in [5, 5.41) is 9.63. The van der Waals surface area contributed by atoms with Gasteiger partial charge in [-0.15, -0.1) is 0 Å². The first kappa shape index (κ1) is 14.2. The van der Waals surface area contributed by atoms with Crippen molar-refractivity contribution in [3.05, 3.63) is 71.5 Å². The van der Waals surface area contributed by atoms with Crippen LogP contribution in [0, 0.1) is 5.82 Å². The van der Waals surface area contributed by atoms with Crippen LogP contribution in [0.5, 0.6) is 0 Å². The van der Waals surface area contributed by atoms with Crippen molar-refractivity contribution in [3.63, 3.8) is 0 Å². The van der Waals surface area contributed by atoms with Crippen molar-refractivity contribution in [2.24, 2.45) is 5.73 Å². The number of nitrogens with two attached hydrogens (primary N) is 1. The molecule has 0 amide bonds. The second kappa shape index (κ2) is 5.84. The molecule has 20 heavy (non-hydrogen) atoms. The highest BCUT2D eigenvalue weighted by molar-refractivity contribution is 5.82. The second-order valence-electron chi connectivity index (χ2n) is 4.73. The number of aliphatic carboxylic acids is 1. The van der Waals surface area contributed by atoms with Crippen molar-refractivity contribution < 1.29 is 14.3 Å². The Labute approximate surface area is 116 Å². The summed E-state index contributed by atoms with van der Waals surface area (Å²) >= 11 is 0. The molecule has 0 saturated heterocycles. The molecule has 3 N–H and O–H groups in total. The van der Waals surface area contributed by atoms with E-state index in [1.165, 1.54) is 6.07 Å². The van der Waals surface area contributed by atoms with Crippen LogP contribution < -0.4 is 5.73 Å². The van der Waals surface area contributed by atoms with Gasteiger partial charge >= 0.3 is 5.97 Å². The number of carboxylic acids is 1. The van der Waals surface area contributed by atoms with Crippen LogP contribution >= 0.6 is 0 Å². The van der Waals surface area contributed by atoms with E-state index in [9.17, 15) is 14.3 Å². The molecule has 0 bridgehead atoms. The van der Waals surface area contributed by atoms with Crippen LogP contribution in [0.15, 0.2) is 54.6 Å². The van der Waals surface area contributed by atoms with Crippen LogP contribution in [0.3, 0.4) is 0 Å². The molecule has 0 aliphatic rings. The van der Waals surface area contributed by atoms with Gasteiger partial charge in [0.25, 0.3) is 0 Å². The number of carboxylic acid groups (broad SMARTS) is 1. The second-order valence-corrected chi connectivity index (χ2v) is 4.73. The van der Waals surface area contributed by atoms with Gasteiger partial charge in [0.05, 0.1) is 0 Å². The molecule has 104 valence electrons. The minimum atomic E-state index is -1.32. The zero-order valence-electron chi connectivity index (χ0n) is 10.9. The van der Waals surface area contributed by atoms with Gasteiger partial charge in [0.15, 0.2) is 0 Å². The van der Waals surface area contributed by atoms with Crippen LogP contribution in [-0.2, 0) is 16.6 Å². The molecule has 0 aromatic heterocycles. The maximum atomic E-state index is 13.8. The molecule has 2 aromatic rings. The van der Waals surface area contributed by atoms with Gasteiger partial charge in [0.1, 0.15) is 11.2 Å². The van der Waals surface area contributed by atoms with E-state index in [4.69, 9.17) is 5.73 Å². The molecule has 2 aromatic carbocycles. The maximum absolute atomic E-state index is 13.8. The van der Waals surface area contributed by atoms with Gasteiger partial charge in [0, 0.05) is 6.54 Å². The van der Waals surface area contributed by atoms with Crippen molar-refractivity contribution in [1.82, 2.24) is 0 Å². The molecular formula is C16H16FNO2. The van der Waals surface area contributed by atoms with Gasteiger partial charge in [0.2, 0.25) is 0 Å². The Balaban J connectivity index is 2.49. The summed E-state index contributed by atoms with van der Waals surface area (Å²) in [5.41, 5.74) is 5.35. The third-order valence-electron chi connectivity index (χ3n) is 3.53. The summed E-state index contributed by atoms with van der Waals surface area (Å²) in [6, 6.07) is 14.9. The summed E-state index contributed by atoms with van der Waals surface area (Å²) in [5.74, 6) is -1.46. The maximum Gasteiger partial charge on any atom is 0.315 e. The van der Waals surface area contributed by atoms with Crippen LogP contribution in [0.1, 0.15) is 11.1 Å². The first-order valence-corrected chi connectivity index (χ1v) is 6.32. The average molecular weight is 273 g/mol. The quantitative estimate of drug-likeness (QED) is 0.879. The topological polar surface area (TPSA) is 63.3 Å². The molecule has 0 spiro atoms. The van der Waals surface area contributed by atoms with Gasteiger partial charge in [-0.3, -0.25) is 4.79 Å². The van der Waals surface area contributed by atoms with Gasteiger partial charge in [-0.05, 0) is 23.6 Å². The third-order valence-corrected chi connectivity index (χ3v) is 3.53. The number of hydrogen-bond donors (Lipinski definition) is 2.